The molecular weight excluding hydrogens is 391 g/mol. The molecule has 3 rings (SSSR count). The van der Waals surface area contributed by atoms with Crippen LogP contribution in [0.3, 0.4) is 0 Å². The number of hydrogen-bond donors (Lipinski definition) is 1. The molecular formula is C26H29FN2O2. The fourth-order valence-corrected chi connectivity index (χ4v) is 3.68. The number of carbonyl (C=O) groups excluding carboxylic acids is 2. The Labute approximate surface area is 183 Å². The van der Waals surface area contributed by atoms with Crippen molar-refractivity contribution < 1.29 is 14.0 Å². The van der Waals surface area contributed by atoms with Gasteiger partial charge in [-0.25, -0.2) is 4.39 Å². The molecule has 0 heterocycles. The van der Waals surface area contributed by atoms with Gasteiger partial charge in [-0.2, -0.15) is 0 Å². The van der Waals surface area contributed by atoms with E-state index in [1.807, 2.05) is 49.4 Å². The Kier molecular flexibility index (Phi) is 7.76. The Morgan fingerprint density at radius 2 is 1.65 bits per heavy atom. The fraction of sp³-hybridized carbons (Fsp3) is 0.308. The van der Waals surface area contributed by atoms with Gasteiger partial charge in [0, 0.05) is 25.1 Å². The van der Waals surface area contributed by atoms with E-state index in [1.54, 1.807) is 25.1 Å². The highest BCUT2D eigenvalue weighted by molar-refractivity contribution is 5.88. The van der Waals surface area contributed by atoms with Gasteiger partial charge >= 0.3 is 0 Å². The predicted octanol–water partition coefficient (Wildman–Crippen LogP) is 4.86. The zero-order chi connectivity index (χ0) is 22.2. The van der Waals surface area contributed by atoms with E-state index >= 15 is 0 Å². The van der Waals surface area contributed by atoms with Gasteiger partial charge in [-0.3, -0.25) is 9.59 Å². The SMILES string of the molecule is CCCNC(=O)[C@@H](C)N(Cc1ccccc1F)C(=O)CCc1cccc2ccccc12. The molecule has 5 heteroatoms. The normalized spacial score (nSPS) is 11.8. The average molecular weight is 421 g/mol. The molecule has 0 spiro atoms. The van der Waals surface area contributed by atoms with Crippen LogP contribution in [0, 0.1) is 5.82 Å². The van der Waals surface area contributed by atoms with Crippen LogP contribution in [0.5, 0.6) is 0 Å². The molecule has 162 valence electrons. The second kappa shape index (κ2) is 10.7. The number of carbonyl (C=O) groups is 2. The smallest absolute Gasteiger partial charge is 0.242 e. The minimum Gasteiger partial charge on any atom is -0.354 e. The Bertz CT molecular complexity index is 1050. The number of amides is 2. The lowest BCUT2D eigenvalue weighted by atomic mass is 10.0. The number of benzene rings is 3. The van der Waals surface area contributed by atoms with E-state index < -0.39 is 6.04 Å². The number of fused-ring (bicyclic) bond motifs is 1. The Hall–Kier alpha value is -3.21. The third-order valence-electron chi connectivity index (χ3n) is 5.50. The quantitative estimate of drug-likeness (QED) is 0.538. The summed E-state index contributed by atoms with van der Waals surface area (Å²) in [7, 11) is 0. The number of hydrogen-bond acceptors (Lipinski definition) is 2. The highest BCUT2D eigenvalue weighted by atomic mass is 19.1. The van der Waals surface area contributed by atoms with Gasteiger partial charge < -0.3 is 10.2 Å². The van der Waals surface area contributed by atoms with Crippen molar-refractivity contribution in [1.29, 1.82) is 0 Å². The molecule has 1 atom stereocenters. The molecule has 0 aliphatic rings. The highest BCUT2D eigenvalue weighted by Gasteiger charge is 2.26. The van der Waals surface area contributed by atoms with Gasteiger partial charge in [-0.1, -0.05) is 67.6 Å². The van der Waals surface area contributed by atoms with Gasteiger partial charge in [0.2, 0.25) is 11.8 Å². The molecule has 4 nitrogen and oxygen atoms in total. The van der Waals surface area contributed by atoms with E-state index in [4.69, 9.17) is 0 Å². The van der Waals surface area contributed by atoms with Gasteiger partial charge in [0.1, 0.15) is 11.9 Å². The van der Waals surface area contributed by atoms with Crippen LogP contribution >= 0.6 is 0 Å². The van der Waals surface area contributed by atoms with Crippen molar-refractivity contribution in [2.24, 2.45) is 0 Å². The molecule has 2 amide bonds. The summed E-state index contributed by atoms with van der Waals surface area (Å²) in [5.74, 6) is -0.775. The minimum absolute atomic E-state index is 0.0573. The van der Waals surface area contributed by atoms with Crippen LogP contribution in [0.15, 0.2) is 66.7 Å². The maximum Gasteiger partial charge on any atom is 0.242 e. The first-order valence-corrected chi connectivity index (χ1v) is 10.8. The summed E-state index contributed by atoms with van der Waals surface area (Å²) in [6, 6.07) is 19.8. The number of rotatable bonds is 9. The van der Waals surface area contributed by atoms with Crippen molar-refractivity contribution >= 4 is 22.6 Å². The molecule has 0 aromatic heterocycles. The lowest BCUT2D eigenvalue weighted by Gasteiger charge is -2.29. The van der Waals surface area contributed by atoms with E-state index in [1.165, 1.54) is 11.0 Å². The first-order valence-electron chi connectivity index (χ1n) is 10.8. The maximum atomic E-state index is 14.3. The molecule has 3 aromatic carbocycles. The van der Waals surface area contributed by atoms with Crippen molar-refractivity contribution in [2.75, 3.05) is 6.54 Å². The van der Waals surface area contributed by atoms with E-state index in [2.05, 4.69) is 5.32 Å². The molecule has 0 aliphatic carbocycles. The second-order valence-corrected chi connectivity index (χ2v) is 7.72. The fourth-order valence-electron chi connectivity index (χ4n) is 3.68. The van der Waals surface area contributed by atoms with Gasteiger partial charge in [-0.05, 0) is 42.2 Å². The highest BCUT2D eigenvalue weighted by Crippen LogP contribution is 2.21. The molecule has 0 aliphatic heterocycles. The Morgan fingerprint density at radius 1 is 0.968 bits per heavy atom. The lowest BCUT2D eigenvalue weighted by Crippen LogP contribution is -2.47. The topological polar surface area (TPSA) is 49.4 Å². The van der Waals surface area contributed by atoms with Gasteiger partial charge in [0.25, 0.3) is 0 Å². The first kappa shape index (κ1) is 22.5. The van der Waals surface area contributed by atoms with E-state index in [0.717, 1.165) is 22.8 Å². The van der Waals surface area contributed by atoms with Crippen LogP contribution in [0.1, 0.15) is 37.8 Å². The Balaban J connectivity index is 1.79. The summed E-state index contributed by atoms with van der Waals surface area (Å²) in [6.07, 6.45) is 1.60. The van der Waals surface area contributed by atoms with Gasteiger partial charge in [0.05, 0.1) is 0 Å². The molecule has 0 bridgehead atoms. The van der Waals surface area contributed by atoms with Gasteiger partial charge in [-0.15, -0.1) is 0 Å². The number of nitrogens with zero attached hydrogens (tertiary/aromatic N) is 1. The molecule has 0 radical (unpaired) electrons. The largest absolute Gasteiger partial charge is 0.354 e. The minimum atomic E-state index is -0.689. The zero-order valence-corrected chi connectivity index (χ0v) is 18.1. The van der Waals surface area contributed by atoms with Crippen LogP contribution in [0.2, 0.25) is 0 Å². The summed E-state index contributed by atoms with van der Waals surface area (Å²) in [4.78, 5) is 27.3. The van der Waals surface area contributed by atoms with Crippen molar-refractivity contribution in [3.8, 4) is 0 Å². The molecule has 1 N–H and O–H groups in total. The number of nitrogens with one attached hydrogen (secondary N) is 1. The Morgan fingerprint density at radius 3 is 2.42 bits per heavy atom. The maximum absolute atomic E-state index is 14.3. The van der Waals surface area contributed by atoms with Crippen LogP contribution < -0.4 is 5.32 Å². The van der Waals surface area contributed by atoms with Crippen LogP contribution in [-0.4, -0.2) is 29.3 Å². The standard InChI is InChI=1S/C26H29FN2O2/c1-3-17-28-26(31)19(2)29(18-22-10-5-7-14-24(22)27)25(30)16-15-21-12-8-11-20-9-4-6-13-23(20)21/h4-14,19H,3,15-18H2,1-2H3,(H,28,31)/t19-/m1/s1. The average Bonchev–Trinajstić information content (AvgIpc) is 2.80. The molecule has 3 aromatic rings. The summed E-state index contributed by atoms with van der Waals surface area (Å²) in [5, 5.41) is 5.08. The van der Waals surface area contributed by atoms with E-state index in [-0.39, 0.29) is 30.6 Å². The molecule has 0 fully saturated rings. The molecule has 0 unspecified atom stereocenters. The summed E-state index contributed by atoms with van der Waals surface area (Å²) in [5.41, 5.74) is 1.48. The monoisotopic (exact) mass is 420 g/mol. The van der Waals surface area contributed by atoms with Crippen LogP contribution in [0.25, 0.3) is 10.8 Å². The summed E-state index contributed by atoms with van der Waals surface area (Å²) >= 11 is 0. The van der Waals surface area contributed by atoms with Crippen LogP contribution in [-0.2, 0) is 22.6 Å². The summed E-state index contributed by atoms with van der Waals surface area (Å²) in [6.45, 7) is 4.27. The third-order valence-corrected chi connectivity index (χ3v) is 5.50. The molecule has 31 heavy (non-hydrogen) atoms. The van der Waals surface area contributed by atoms with Crippen molar-refractivity contribution in [3.63, 3.8) is 0 Å². The van der Waals surface area contributed by atoms with Crippen molar-refractivity contribution in [1.82, 2.24) is 10.2 Å². The van der Waals surface area contributed by atoms with Crippen molar-refractivity contribution in [3.05, 3.63) is 83.7 Å². The summed E-state index contributed by atoms with van der Waals surface area (Å²) < 4.78 is 14.3. The predicted molar refractivity (Wildman–Crippen MR) is 122 cm³/mol. The van der Waals surface area contributed by atoms with Crippen LogP contribution in [0.4, 0.5) is 4.39 Å². The number of aryl methyl sites for hydroxylation is 1. The zero-order valence-electron chi connectivity index (χ0n) is 18.1. The van der Waals surface area contributed by atoms with Crippen molar-refractivity contribution in [2.45, 2.75) is 45.7 Å². The molecule has 0 saturated heterocycles. The number of halogens is 1. The third kappa shape index (κ3) is 5.69. The lowest BCUT2D eigenvalue weighted by molar-refractivity contribution is -0.140. The van der Waals surface area contributed by atoms with E-state index in [0.29, 0.717) is 18.5 Å². The van der Waals surface area contributed by atoms with Gasteiger partial charge in [0.15, 0.2) is 0 Å². The molecule has 0 saturated carbocycles. The second-order valence-electron chi connectivity index (χ2n) is 7.72. The van der Waals surface area contributed by atoms with E-state index in [9.17, 15) is 14.0 Å². The first-order chi connectivity index (χ1) is 15.0.